The molecule has 76 valence electrons. The standard InChI is InChI=1S/C13H19N/c1-10(6-7-14)13-8-11-4-2-3-5-12(11)9-13/h2-5,10,13H,6-9,14H2,1H3. The quantitative estimate of drug-likeness (QED) is 0.776. The van der Waals surface area contributed by atoms with Crippen LogP contribution in [0.1, 0.15) is 24.5 Å². The van der Waals surface area contributed by atoms with E-state index in [0.717, 1.165) is 18.4 Å². The van der Waals surface area contributed by atoms with Gasteiger partial charge >= 0.3 is 0 Å². The van der Waals surface area contributed by atoms with Crippen LogP contribution in [0.2, 0.25) is 0 Å². The number of hydrogen-bond acceptors (Lipinski definition) is 1. The monoisotopic (exact) mass is 189 g/mol. The van der Waals surface area contributed by atoms with Crippen LogP contribution in [0.25, 0.3) is 0 Å². The highest BCUT2D eigenvalue weighted by Crippen LogP contribution is 2.32. The van der Waals surface area contributed by atoms with Crippen molar-refractivity contribution in [3.63, 3.8) is 0 Å². The molecule has 1 aromatic rings. The summed E-state index contributed by atoms with van der Waals surface area (Å²) < 4.78 is 0. The predicted octanol–water partition coefficient (Wildman–Crippen LogP) is 2.39. The zero-order chi connectivity index (χ0) is 9.97. The number of fused-ring (bicyclic) bond motifs is 1. The third-order valence-electron chi connectivity index (χ3n) is 3.51. The summed E-state index contributed by atoms with van der Waals surface area (Å²) >= 11 is 0. The van der Waals surface area contributed by atoms with E-state index in [1.54, 1.807) is 11.1 Å². The molecule has 0 spiro atoms. The molecular weight excluding hydrogens is 170 g/mol. The Balaban J connectivity index is 2.04. The summed E-state index contributed by atoms with van der Waals surface area (Å²) in [6.45, 7) is 3.16. The van der Waals surface area contributed by atoms with Crippen LogP contribution >= 0.6 is 0 Å². The van der Waals surface area contributed by atoms with Crippen molar-refractivity contribution in [1.82, 2.24) is 0 Å². The fourth-order valence-corrected chi connectivity index (χ4v) is 2.49. The summed E-state index contributed by atoms with van der Waals surface area (Å²) in [6, 6.07) is 8.83. The lowest BCUT2D eigenvalue weighted by atomic mass is 9.89. The van der Waals surface area contributed by atoms with E-state index < -0.39 is 0 Å². The lowest BCUT2D eigenvalue weighted by Crippen LogP contribution is -2.15. The lowest BCUT2D eigenvalue weighted by Gasteiger charge is -2.17. The molecule has 1 aromatic carbocycles. The number of rotatable bonds is 3. The Kier molecular flexibility index (Phi) is 2.87. The topological polar surface area (TPSA) is 26.0 Å². The van der Waals surface area contributed by atoms with Gasteiger partial charge in [-0.05, 0) is 48.8 Å². The summed E-state index contributed by atoms with van der Waals surface area (Å²) in [5.41, 5.74) is 8.72. The second-order valence-corrected chi connectivity index (χ2v) is 4.49. The molecule has 1 heteroatoms. The smallest absolute Gasteiger partial charge is 0.00746 e. The van der Waals surface area contributed by atoms with Crippen LogP contribution in [0.15, 0.2) is 24.3 Å². The van der Waals surface area contributed by atoms with Crippen LogP contribution in [0.5, 0.6) is 0 Å². The fraction of sp³-hybridized carbons (Fsp3) is 0.538. The van der Waals surface area contributed by atoms with Crippen molar-refractivity contribution >= 4 is 0 Å². The van der Waals surface area contributed by atoms with Gasteiger partial charge in [0.2, 0.25) is 0 Å². The van der Waals surface area contributed by atoms with Crippen molar-refractivity contribution in [3.05, 3.63) is 35.4 Å². The molecule has 2 rings (SSSR count). The van der Waals surface area contributed by atoms with E-state index in [9.17, 15) is 0 Å². The largest absolute Gasteiger partial charge is 0.330 e. The van der Waals surface area contributed by atoms with E-state index in [1.807, 2.05) is 0 Å². The van der Waals surface area contributed by atoms with Gasteiger partial charge in [-0.25, -0.2) is 0 Å². The van der Waals surface area contributed by atoms with Gasteiger partial charge in [0.05, 0.1) is 0 Å². The zero-order valence-corrected chi connectivity index (χ0v) is 8.87. The maximum Gasteiger partial charge on any atom is -0.00746 e. The number of hydrogen-bond donors (Lipinski definition) is 1. The van der Waals surface area contributed by atoms with Gasteiger partial charge in [0.1, 0.15) is 0 Å². The van der Waals surface area contributed by atoms with Crippen molar-refractivity contribution in [2.45, 2.75) is 26.2 Å². The van der Waals surface area contributed by atoms with Gasteiger partial charge in [-0.15, -0.1) is 0 Å². The van der Waals surface area contributed by atoms with Crippen molar-refractivity contribution in [3.8, 4) is 0 Å². The summed E-state index contributed by atoms with van der Waals surface area (Å²) in [5.74, 6) is 1.60. The molecule has 0 radical (unpaired) electrons. The highest BCUT2D eigenvalue weighted by molar-refractivity contribution is 5.32. The Labute approximate surface area is 86.3 Å². The average molecular weight is 189 g/mol. The van der Waals surface area contributed by atoms with Gasteiger partial charge in [-0.3, -0.25) is 0 Å². The van der Waals surface area contributed by atoms with Crippen molar-refractivity contribution in [2.24, 2.45) is 17.6 Å². The molecule has 1 aliphatic carbocycles. The minimum Gasteiger partial charge on any atom is -0.330 e. The van der Waals surface area contributed by atoms with E-state index in [1.165, 1.54) is 19.3 Å². The molecule has 1 aliphatic rings. The van der Waals surface area contributed by atoms with Gasteiger partial charge < -0.3 is 5.73 Å². The van der Waals surface area contributed by atoms with Gasteiger partial charge in [0.25, 0.3) is 0 Å². The highest BCUT2D eigenvalue weighted by Gasteiger charge is 2.24. The molecule has 1 nitrogen and oxygen atoms in total. The first-order valence-electron chi connectivity index (χ1n) is 5.58. The number of nitrogens with two attached hydrogens (primary N) is 1. The van der Waals surface area contributed by atoms with Crippen LogP contribution in [0.4, 0.5) is 0 Å². The average Bonchev–Trinajstić information content (AvgIpc) is 2.61. The minimum atomic E-state index is 0.771. The Hall–Kier alpha value is -0.820. The Bertz CT molecular complexity index is 281. The van der Waals surface area contributed by atoms with Crippen LogP contribution in [-0.2, 0) is 12.8 Å². The second kappa shape index (κ2) is 4.14. The zero-order valence-electron chi connectivity index (χ0n) is 8.87. The maximum absolute atomic E-state index is 5.60. The second-order valence-electron chi connectivity index (χ2n) is 4.49. The Morgan fingerprint density at radius 2 is 1.86 bits per heavy atom. The third-order valence-corrected chi connectivity index (χ3v) is 3.51. The van der Waals surface area contributed by atoms with Crippen molar-refractivity contribution in [1.29, 1.82) is 0 Å². The van der Waals surface area contributed by atoms with Crippen molar-refractivity contribution in [2.75, 3.05) is 6.54 Å². The first-order chi connectivity index (χ1) is 6.81. The van der Waals surface area contributed by atoms with E-state index in [2.05, 4.69) is 31.2 Å². The summed E-state index contributed by atoms with van der Waals surface area (Å²) in [6.07, 6.45) is 3.69. The van der Waals surface area contributed by atoms with Crippen LogP contribution < -0.4 is 5.73 Å². The molecular formula is C13H19N. The maximum atomic E-state index is 5.60. The Morgan fingerprint density at radius 1 is 1.29 bits per heavy atom. The molecule has 0 aliphatic heterocycles. The molecule has 0 amide bonds. The number of benzene rings is 1. The predicted molar refractivity (Wildman–Crippen MR) is 60.2 cm³/mol. The van der Waals surface area contributed by atoms with E-state index in [4.69, 9.17) is 5.73 Å². The molecule has 0 heterocycles. The molecule has 2 N–H and O–H groups in total. The summed E-state index contributed by atoms with van der Waals surface area (Å²) in [5, 5.41) is 0. The summed E-state index contributed by atoms with van der Waals surface area (Å²) in [7, 11) is 0. The molecule has 0 saturated carbocycles. The van der Waals surface area contributed by atoms with Gasteiger partial charge in [0.15, 0.2) is 0 Å². The van der Waals surface area contributed by atoms with Crippen molar-refractivity contribution < 1.29 is 0 Å². The molecule has 1 unspecified atom stereocenters. The molecule has 1 atom stereocenters. The fourth-order valence-electron chi connectivity index (χ4n) is 2.49. The van der Waals surface area contributed by atoms with Gasteiger partial charge in [-0.1, -0.05) is 31.2 Å². The molecule has 0 bridgehead atoms. The van der Waals surface area contributed by atoms with E-state index in [-0.39, 0.29) is 0 Å². The Morgan fingerprint density at radius 3 is 2.36 bits per heavy atom. The van der Waals surface area contributed by atoms with E-state index >= 15 is 0 Å². The van der Waals surface area contributed by atoms with Gasteiger partial charge in [-0.2, -0.15) is 0 Å². The van der Waals surface area contributed by atoms with Gasteiger partial charge in [0, 0.05) is 0 Å². The van der Waals surface area contributed by atoms with Crippen LogP contribution in [-0.4, -0.2) is 6.54 Å². The van der Waals surface area contributed by atoms with Crippen LogP contribution in [0, 0.1) is 11.8 Å². The first-order valence-corrected chi connectivity index (χ1v) is 5.58. The minimum absolute atomic E-state index is 0.771. The van der Waals surface area contributed by atoms with Crippen LogP contribution in [0.3, 0.4) is 0 Å². The van der Waals surface area contributed by atoms with E-state index in [0.29, 0.717) is 0 Å². The first kappa shape index (κ1) is 9.72. The third kappa shape index (κ3) is 1.83. The summed E-state index contributed by atoms with van der Waals surface area (Å²) in [4.78, 5) is 0. The normalized spacial score (nSPS) is 18.1. The SMILES string of the molecule is CC(CCN)C1Cc2ccccc2C1. The highest BCUT2D eigenvalue weighted by atomic mass is 14.5. The molecule has 0 aromatic heterocycles. The lowest BCUT2D eigenvalue weighted by molar-refractivity contribution is 0.356. The molecule has 14 heavy (non-hydrogen) atoms. The molecule has 0 fully saturated rings. The molecule has 0 saturated heterocycles.